The molecule has 1 aliphatic rings. The fourth-order valence-electron chi connectivity index (χ4n) is 2.67. The number of aliphatic hydroxyl groups excluding tert-OH is 1. The summed E-state index contributed by atoms with van der Waals surface area (Å²) in [6, 6.07) is 0. The summed E-state index contributed by atoms with van der Waals surface area (Å²) >= 11 is 0. The number of hydrogen-bond acceptors (Lipinski definition) is 8. The fourth-order valence-corrected chi connectivity index (χ4v) is 2.67. The molecule has 130 valence electrons. The number of aromatic amines is 1. The molecule has 1 unspecified atom stereocenters. The van der Waals surface area contributed by atoms with Crippen molar-refractivity contribution >= 4 is 5.91 Å². The van der Waals surface area contributed by atoms with Gasteiger partial charge in [-0.15, -0.1) is 0 Å². The molecule has 0 aliphatic carbocycles. The zero-order chi connectivity index (χ0) is 16.9. The van der Waals surface area contributed by atoms with Gasteiger partial charge in [0, 0.05) is 39.5 Å². The molecule has 1 aliphatic heterocycles. The Morgan fingerprint density at radius 1 is 1.50 bits per heavy atom. The molecule has 1 fully saturated rings. The van der Waals surface area contributed by atoms with Crippen molar-refractivity contribution in [3.63, 3.8) is 0 Å². The summed E-state index contributed by atoms with van der Waals surface area (Å²) in [6.45, 7) is 2.51. The number of aliphatic hydroxyl groups is 1. The molecule has 0 spiro atoms. The first kappa shape index (κ1) is 16.6. The molecule has 0 bridgehead atoms. The summed E-state index contributed by atoms with van der Waals surface area (Å²) in [5.41, 5.74) is 0.483. The van der Waals surface area contributed by atoms with Crippen LogP contribution < -0.4 is 0 Å². The third-order valence-corrected chi connectivity index (χ3v) is 3.76. The van der Waals surface area contributed by atoms with Crippen LogP contribution >= 0.6 is 0 Å². The highest BCUT2D eigenvalue weighted by Crippen LogP contribution is 2.11. The average Bonchev–Trinajstić information content (AvgIpc) is 3.19. The van der Waals surface area contributed by atoms with E-state index >= 15 is 0 Å². The van der Waals surface area contributed by atoms with E-state index in [2.05, 4.69) is 20.3 Å². The molecule has 0 saturated carbocycles. The number of aromatic nitrogens is 4. The number of nitrogens with zero attached hydrogens (tertiary/aromatic N) is 5. The van der Waals surface area contributed by atoms with Crippen molar-refractivity contribution in [2.45, 2.75) is 19.3 Å². The van der Waals surface area contributed by atoms with Crippen LogP contribution in [0.25, 0.3) is 0 Å². The number of rotatable bonds is 5. The van der Waals surface area contributed by atoms with Gasteiger partial charge in [0.25, 0.3) is 5.91 Å². The molecule has 10 nitrogen and oxygen atoms in total. The number of amides is 1. The molecule has 0 aromatic carbocycles. The summed E-state index contributed by atoms with van der Waals surface area (Å²) in [5, 5.41) is 20.4. The highest BCUT2D eigenvalue weighted by Gasteiger charge is 2.26. The van der Waals surface area contributed by atoms with Crippen molar-refractivity contribution in [2.75, 3.05) is 33.3 Å². The van der Waals surface area contributed by atoms with Gasteiger partial charge in [-0.05, 0) is 0 Å². The molecule has 1 atom stereocenters. The maximum Gasteiger partial charge on any atom is 0.257 e. The lowest BCUT2D eigenvalue weighted by Gasteiger charge is -2.20. The lowest BCUT2D eigenvalue weighted by atomic mass is 10.2. The summed E-state index contributed by atoms with van der Waals surface area (Å²) in [6.07, 6.45) is 2.38. The Bertz CT molecular complexity index is 658. The second-order valence-electron chi connectivity index (χ2n) is 5.66. The second kappa shape index (κ2) is 7.51. The minimum absolute atomic E-state index is 0.148. The predicted molar refractivity (Wildman–Crippen MR) is 80.8 cm³/mol. The molecule has 1 saturated heterocycles. The molecule has 3 rings (SSSR count). The fraction of sp³-hybridized carbons (Fsp3) is 0.571. The minimum Gasteiger partial charge on any atom is -0.390 e. The van der Waals surface area contributed by atoms with Crippen LogP contribution in [-0.4, -0.2) is 80.5 Å². The van der Waals surface area contributed by atoms with E-state index in [1.807, 2.05) is 4.90 Å². The van der Waals surface area contributed by atoms with Gasteiger partial charge >= 0.3 is 0 Å². The summed E-state index contributed by atoms with van der Waals surface area (Å²) < 4.78 is 10.1. The van der Waals surface area contributed by atoms with Crippen LogP contribution in [0, 0.1) is 0 Å². The Morgan fingerprint density at radius 3 is 3.12 bits per heavy atom. The highest BCUT2D eigenvalue weighted by molar-refractivity contribution is 5.93. The van der Waals surface area contributed by atoms with Crippen LogP contribution in [0.5, 0.6) is 0 Å². The number of ether oxygens (including phenoxy) is 1. The van der Waals surface area contributed by atoms with Crippen molar-refractivity contribution in [3.8, 4) is 0 Å². The van der Waals surface area contributed by atoms with E-state index in [4.69, 9.17) is 9.26 Å². The first-order chi connectivity index (χ1) is 11.7. The highest BCUT2D eigenvalue weighted by atomic mass is 16.5. The molecule has 2 aromatic heterocycles. The third kappa shape index (κ3) is 3.96. The molecule has 10 heteroatoms. The first-order valence-electron chi connectivity index (χ1n) is 7.64. The van der Waals surface area contributed by atoms with Crippen LogP contribution in [0.15, 0.2) is 16.9 Å². The molecule has 3 heterocycles. The first-order valence-corrected chi connectivity index (χ1v) is 7.64. The largest absolute Gasteiger partial charge is 0.390 e. The lowest BCUT2D eigenvalue weighted by Crippen LogP contribution is -2.37. The van der Waals surface area contributed by atoms with E-state index in [0.29, 0.717) is 50.1 Å². The second-order valence-corrected chi connectivity index (χ2v) is 5.66. The van der Waals surface area contributed by atoms with Gasteiger partial charge in [0.1, 0.15) is 6.61 Å². The van der Waals surface area contributed by atoms with Crippen molar-refractivity contribution in [1.82, 2.24) is 30.1 Å². The van der Waals surface area contributed by atoms with Crippen LogP contribution in [0.2, 0.25) is 0 Å². The van der Waals surface area contributed by atoms with Gasteiger partial charge in [0.05, 0.1) is 24.4 Å². The van der Waals surface area contributed by atoms with Crippen LogP contribution in [-0.2, 0) is 17.9 Å². The maximum absolute atomic E-state index is 12.4. The minimum atomic E-state index is -0.648. The smallest absolute Gasteiger partial charge is 0.257 e. The Balaban J connectivity index is 1.60. The van der Waals surface area contributed by atoms with E-state index in [0.717, 1.165) is 0 Å². The average molecular weight is 336 g/mol. The van der Waals surface area contributed by atoms with Gasteiger partial charge in [-0.1, -0.05) is 5.16 Å². The van der Waals surface area contributed by atoms with Crippen LogP contribution in [0.3, 0.4) is 0 Å². The topological polar surface area (TPSA) is 121 Å². The Kier molecular flexibility index (Phi) is 5.18. The molecular weight excluding hydrogens is 316 g/mol. The molecule has 1 amide bonds. The number of carbonyl (C=O) groups is 1. The normalized spacial score (nSPS) is 19.4. The Hall–Kier alpha value is -2.30. The molecular formula is C14H20N6O4. The van der Waals surface area contributed by atoms with Crippen molar-refractivity contribution < 1.29 is 19.2 Å². The number of carbonyl (C=O) groups excluding carboxylic acids is 1. The van der Waals surface area contributed by atoms with E-state index in [1.54, 1.807) is 18.2 Å². The van der Waals surface area contributed by atoms with Crippen molar-refractivity contribution in [1.29, 1.82) is 0 Å². The van der Waals surface area contributed by atoms with Gasteiger partial charge in [0.2, 0.25) is 5.89 Å². The van der Waals surface area contributed by atoms with E-state index < -0.39 is 6.10 Å². The van der Waals surface area contributed by atoms with Crippen molar-refractivity contribution in [3.05, 3.63) is 29.7 Å². The summed E-state index contributed by atoms with van der Waals surface area (Å²) in [5.74, 6) is 0.799. The molecule has 2 aromatic rings. The monoisotopic (exact) mass is 336 g/mol. The number of nitrogens with one attached hydrogen (secondary N) is 1. The van der Waals surface area contributed by atoms with Gasteiger partial charge in [-0.2, -0.15) is 10.1 Å². The number of H-pyrrole nitrogens is 1. The molecule has 24 heavy (non-hydrogen) atoms. The number of hydrogen-bond donors (Lipinski definition) is 2. The van der Waals surface area contributed by atoms with E-state index in [9.17, 15) is 9.90 Å². The number of methoxy groups -OCH3 is 1. The third-order valence-electron chi connectivity index (χ3n) is 3.76. The Labute approximate surface area is 138 Å². The SMILES string of the molecule is COCc1noc(CN2CCN(C(=O)c3cn[nH]c3)CC(O)C2)n1. The summed E-state index contributed by atoms with van der Waals surface area (Å²) in [4.78, 5) is 20.2. The zero-order valence-corrected chi connectivity index (χ0v) is 13.4. The van der Waals surface area contributed by atoms with E-state index in [-0.39, 0.29) is 12.5 Å². The van der Waals surface area contributed by atoms with Gasteiger partial charge in [0.15, 0.2) is 5.82 Å². The van der Waals surface area contributed by atoms with E-state index in [1.165, 1.54) is 6.20 Å². The van der Waals surface area contributed by atoms with Gasteiger partial charge < -0.3 is 19.3 Å². The van der Waals surface area contributed by atoms with Crippen molar-refractivity contribution in [2.24, 2.45) is 0 Å². The quantitative estimate of drug-likeness (QED) is 0.732. The maximum atomic E-state index is 12.4. The standard InChI is InChI=1S/C14H20N6O4/c1-23-9-12-17-13(24-18-12)8-19-2-3-20(7-11(21)6-19)14(22)10-4-15-16-5-10/h4-5,11,21H,2-3,6-9H2,1H3,(H,15,16). The zero-order valence-electron chi connectivity index (χ0n) is 13.4. The number of β-amino-alcohol motifs (C(OH)–C–C–N with tert-alkyl or cyclic N) is 1. The van der Waals surface area contributed by atoms with Gasteiger partial charge in [-0.25, -0.2) is 0 Å². The molecule has 0 radical (unpaired) electrons. The summed E-state index contributed by atoms with van der Waals surface area (Å²) in [7, 11) is 1.56. The van der Waals surface area contributed by atoms with Crippen LogP contribution in [0.1, 0.15) is 22.1 Å². The predicted octanol–water partition coefficient (Wildman–Crippen LogP) is -0.742. The van der Waals surface area contributed by atoms with Crippen LogP contribution in [0.4, 0.5) is 0 Å². The Morgan fingerprint density at radius 2 is 2.38 bits per heavy atom. The lowest BCUT2D eigenvalue weighted by molar-refractivity contribution is 0.0661. The molecule has 2 N–H and O–H groups in total. The van der Waals surface area contributed by atoms with Gasteiger partial charge in [-0.3, -0.25) is 14.8 Å².